The summed E-state index contributed by atoms with van der Waals surface area (Å²) < 4.78 is 2.02. The second kappa shape index (κ2) is 3.98. The first kappa shape index (κ1) is 11.0. The summed E-state index contributed by atoms with van der Waals surface area (Å²) in [6.45, 7) is 5.15. The van der Waals surface area contributed by atoms with Crippen LogP contribution in [0.1, 0.15) is 19.0 Å². The maximum Gasteiger partial charge on any atom is 0.152 e. The summed E-state index contributed by atoms with van der Waals surface area (Å²) in [6, 6.07) is 8.07. The summed E-state index contributed by atoms with van der Waals surface area (Å²) in [5.74, 6) is 0.515. The van der Waals surface area contributed by atoms with E-state index < -0.39 is 0 Å². The number of aromatic nitrogens is 3. The lowest BCUT2D eigenvalue weighted by molar-refractivity contribution is 0.593. The zero-order valence-electron chi connectivity index (χ0n) is 10.6. The van der Waals surface area contributed by atoms with Crippen molar-refractivity contribution >= 4 is 27.6 Å². The molecule has 92 valence electrons. The van der Waals surface area contributed by atoms with Crippen molar-refractivity contribution in [2.75, 3.05) is 5.73 Å². The minimum atomic E-state index is 0.515. The van der Waals surface area contributed by atoms with Crippen LogP contribution in [0.15, 0.2) is 24.3 Å². The average Bonchev–Trinajstić information content (AvgIpc) is 2.69. The van der Waals surface area contributed by atoms with Gasteiger partial charge < -0.3 is 5.73 Å². The van der Waals surface area contributed by atoms with Gasteiger partial charge in [0.2, 0.25) is 0 Å². The smallest absolute Gasteiger partial charge is 0.152 e. The van der Waals surface area contributed by atoms with E-state index in [0.29, 0.717) is 5.82 Å². The third kappa shape index (κ3) is 1.45. The molecule has 0 bridgehead atoms. The number of pyridine rings is 1. The van der Waals surface area contributed by atoms with Crippen molar-refractivity contribution in [3.63, 3.8) is 0 Å². The molecule has 0 aliphatic carbocycles. The molecule has 0 aliphatic rings. The van der Waals surface area contributed by atoms with E-state index in [4.69, 9.17) is 5.73 Å². The van der Waals surface area contributed by atoms with Gasteiger partial charge in [0, 0.05) is 23.0 Å². The van der Waals surface area contributed by atoms with Gasteiger partial charge in [0.1, 0.15) is 5.52 Å². The molecular weight excluding hydrogens is 224 g/mol. The molecule has 4 heteroatoms. The molecule has 0 spiro atoms. The molecule has 2 heterocycles. The van der Waals surface area contributed by atoms with Gasteiger partial charge in [-0.1, -0.05) is 25.1 Å². The lowest BCUT2D eigenvalue weighted by atomic mass is 10.1. The highest BCUT2D eigenvalue weighted by Crippen LogP contribution is 2.29. The van der Waals surface area contributed by atoms with Gasteiger partial charge in [0.05, 0.1) is 5.52 Å². The first-order valence-electron chi connectivity index (χ1n) is 6.23. The average molecular weight is 240 g/mol. The zero-order valence-corrected chi connectivity index (χ0v) is 10.6. The number of nitrogens with two attached hydrogens (primary N) is 1. The fourth-order valence-corrected chi connectivity index (χ4v) is 2.44. The quantitative estimate of drug-likeness (QED) is 0.749. The van der Waals surface area contributed by atoms with E-state index in [2.05, 4.69) is 30.0 Å². The number of hydrogen-bond acceptors (Lipinski definition) is 3. The second-order valence-corrected chi connectivity index (χ2v) is 4.55. The molecule has 0 atom stereocenters. The molecule has 1 aromatic carbocycles. The van der Waals surface area contributed by atoms with Crippen LogP contribution in [0.2, 0.25) is 0 Å². The van der Waals surface area contributed by atoms with Crippen LogP contribution in [-0.2, 0) is 6.54 Å². The number of rotatable bonds is 2. The zero-order chi connectivity index (χ0) is 12.7. The monoisotopic (exact) mass is 240 g/mol. The van der Waals surface area contributed by atoms with Crippen LogP contribution in [0.5, 0.6) is 0 Å². The summed E-state index contributed by atoms with van der Waals surface area (Å²) in [5, 5.41) is 6.84. The Morgan fingerprint density at radius 2 is 2.06 bits per heavy atom. The molecule has 3 aromatic rings. The van der Waals surface area contributed by atoms with E-state index in [1.165, 1.54) is 0 Å². The highest BCUT2D eigenvalue weighted by molar-refractivity contribution is 6.09. The predicted octanol–water partition coefficient (Wildman–Crippen LogP) is 2.89. The van der Waals surface area contributed by atoms with Crippen LogP contribution >= 0.6 is 0 Å². The predicted molar refractivity (Wildman–Crippen MR) is 74.5 cm³/mol. The molecular formula is C14H16N4. The van der Waals surface area contributed by atoms with Gasteiger partial charge in [0.25, 0.3) is 0 Å². The highest BCUT2D eigenvalue weighted by atomic mass is 15.3. The van der Waals surface area contributed by atoms with Crippen LogP contribution in [0.4, 0.5) is 5.82 Å². The second-order valence-electron chi connectivity index (χ2n) is 4.55. The summed E-state index contributed by atoms with van der Waals surface area (Å²) in [4.78, 5) is 4.42. The number of nitrogens with zero attached hydrogens (tertiary/aromatic N) is 3. The van der Waals surface area contributed by atoms with Crippen LogP contribution in [0.25, 0.3) is 21.8 Å². The first-order valence-corrected chi connectivity index (χ1v) is 6.23. The minimum absolute atomic E-state index is 0.515. The highest BCUT2D eigenvalue weighted by Gasteiger charge is 2.14. The van der Waals surface area contributed by atoms with Crippen LogP contribution < -0.4 is 5.73 Å². The van der Waals surface area contributed by atoms with Crippen LogP contribution in [-0.4, -0.2) is 14.8 Å². The summed E-state index contributed by atoms with van der Waals surface area (Å²) in [6.07, 6.45) is 1.06. The van der Waals surface area contributed by atoms with Crippen molar-refractivity contribution in [3.8, 4) is 0 Å². The maximum absolute atomic E-state index is 6.01. The Kier molecular flexibility index (Phi) is 2.44. The fraction of sp³-hybridized carbons (Fsp3) is 0.286. The Hall–Kier alpha value is -2.10. The molecule has 0 fully saturated rings. The number of benzene rings is 1. The van der Waals surface area contributed by atoms with Crippen LogP contribution in [0.3, 0.4) is 0 Å². The van der Waals surface area contributed by atoms with Gasteiger partial charge in [-0.3, -0.25) is 4.68 Å². The van der Waals surface area contributed by atoms with Crippen molar-refractivity contribution in [1.29, 1.82) is 0 Å². The molecule has 0 amide bonds. The maximum atomic E-state index is 6.01. The Balaban J connectivity index is 2.47. The van der Waals surface area contributed by atoms with Crippen molar-refractivity contribution in [2.45, 2.75) is 26.8 Å². The summed E-state index contributed by atoms with van der Waals surface area (Å²) in [7, 11) is 0. The van der Waals surface area contributed by atoms with Gasteiger partial charge >= 0.3 is 0 Å². The molecule has 0 aliphatic heterocycles. The fourth-order valence-electron chi connectivity index (χ4n) is 2.44. The van der Waals surface area contributed by atoms with Crippen molar-refractivity contribution in [3.05, 3.63) is 30.0 Å². The normalized spacial score (nSPS) is 11.4. The number of nitrogen functional groups attached to an aromatic ring is 1. The van der Waals surface area contributed by atoms with Crippen molar-refractivity contribution in [2.24, 2.45) is 0 Å². The van der Waals surface area contributed by atoms with E-state index in [1.54, 1.807) is 0 Å². The summed E-state index contributed by atoms with van der Waals surface area (Å²) in [5.41, 5.74) is 8.93. The van der Waals surface area contributed by atoms with Crippen molar-refractivity contribution in [1.82, 2.24) is 14.8 Å². The molecule has 0 radical (unpaired) electrons. The molecule has 0 unspecified atom stereocenters. The SMILES string of the molecule is CCCn1nc2c(N)nc3ccccc3c2c1C. The van der Waals surface area contributed by atoms with Gasteiger partial charge in [-0.25, -0.2) is 4.98 Å². The van der Waals surface area contributed by atoms with E-state index in [-0.39, 0.29) is 0 Å². The van der Waals surface area contributed by atoms with Gasteiger partial charge in [-0.15, -0.1) is 0 Å². The standard InChI is InChI=1S/C14H16N4/c1-3-8-18-9(2)12-10-6-4-5-7-11(10)16-14(15)13(12)17-18/h4-7H,3,8H2,1-2H3,(H2,15,16). The largest absolute Gasteiger partial charge is 0.382 e. The lowest BCUT2D eigenvalue weighted by Crippen LogP contribution is -2.00. The molecule has 0 saturated heterocycles. The van der Waals surface area contributed by atoms with Crippen LogP contribution in [0, 0.1) is 6.92 Å². The molecule has 2 aromatic heterocycles. The Morgan fingerprint density at radius 1 is 1.28 bits per heavy atom. The van der Waals surface area contributed by atoms with Gasteiger partial charge in [-0.05, 0) is 19.4 Å². The number of anilines is 1. The number of aryl methyl sites for hydroxylation is 2. The molecule has 0 saturated carbocycles. The minimum Gasteiger partial charge on any atom is -0.382 e. The third-order valence-corrected chi connectivity index (χ3v) is 3.30. The van der Waals surface area contributed by atoms with Gasteiger partial charge in [-0.2, -0.15) is 5.10 Å². The Bertz CT molecular complexity index is 727. The van der Waals surface area contributed by atoms with E-state index in [0.717, 1.165) is 40.5 Å². The topological polar surface area (TPSA) is 56.7 Å². The van der Waals surface area contributed by atoms with Gasteiger partial charge in [0.15, 0.2) is 5.82 Å². The lowest BCUT2D eigenvalue weighted by Gasteiger charge is -2.02. The first-order chi connectivity index (χ1) is 8.72. The molecule has 3 rings (SSSR count). The van der Waals surface area contributed by atoms with Crippen molar-refractivity contribution < 1.29 is 0 Å². The Morgan fingerprint density at radius 3 is 2.83 bits per heavy atom. The molecule has 18 heavy (non-hydrogen) atoms. The molecule has 4 nitrogen and oxygen atoms in total. The number of fused-ring (bicyclic) bond motifs is 3. The van der Waals surface area contributed by atoms with E-state index in [9.17, 15) is 0 Å². The Labute approximate surface area is 105 Å². The summed E-state index contributed by atoms with van der Waals surface area (Å²) >= 11 is 0. The van der Waals surface area contributed by atoms with E-state index >= 15 is 0 Å². The number of para-hydroxylation sites is 1. The van der Waals surface area contributed by atoms with E-state index in [1.807, 2.05) is 22.9 Å². The third-order valence-electron chi connectivity index (χ3n) is 3.30. The number of hydrogen-bond donors (Lipinski definition) is 1. The molecule has 2 N–H and O–H groups in total.